The van der Waals surface area contributed by atoms with E-state index >= 15 is 0 Å². The van der Waals surface area contributed by atoms with Gasteiger partial charge in [0.25, 0.3) is 5.69 Å². The molecule has 8 heteroatoms. The van der Waals surface area contributed by atoms with Crippen LogP contribution in [0.3, 0.4) is 0 Å². The first kappa shape index (κ1) is 14.5. The number of hydrogen-bond acceptors (Lipinski definition) is 5. The van der Waals surface area contributed by atoms with E-state index in [1.54, 1.807) is 12.5 Å². The Balaban J connectivity index is 1.98. The topological polar surface area (TPSA) is 110 Å². The number of aryl methyl sites for hydroxylation is 1. The van der Waals surface area contributed by atoms with Crippen LogP contribution in [0.25, 0.3) is 0 Å². The normalized spacial score (nSPS) is 10.3. The minimum atomic E-state index is -1.19. The highest BCUT2D eigenvalue weighted by Gasteiger charge is 2.16. The Labute approximate surface area is 120 Å². The quantitative estimate of drug-likeness (QED) is 0.458. The lowest BCUT2D eigenvalue weighted by Gasteiger charge is -2.08. The molecule has 0 radical (unpaired) electrons. The van der Waals surface area contributed by atoms with Gasteiger partial charge >= 0.3 is 5.97 Å². The van der Waals surface area contributed by atoms with Crippen molar-refractivity contribution in [2.24, 2.45) is 0 Å². The number of benzene rings is 1. The van der Waals surface area contributed by atoms with Gasteiger partial charge in [-0.25, -0.2) is 9.78 Å². The standard InChI is InChI=1S/C13H14N4O4/c18-13(19)10-2-3-11(12(8-10)17(20)21)15-4-1-6-16-7-5-14-9-16/h2-3,5,7-9,15H,1,4,6H2,(H,18,19). The first-order valence-electron chi connectivity index (χ1n) is 6.29. The van der Waals surface area contributed by atoms with Gasteiger partial charge in [0.2, 0.25) is 0 Å². The molecule has 0 atom stereocenters. The molecule has 0 fully saturated rings. The molecule has 21 heavy (non-hydrogen) atoms. The van der Waals surface area contributed by atoms with E-state index < -0.39 is 10.9 Å². The molecule has 1 heterocycles. The molecule has 1 aromatic heterocycles. The highest BCUT2D eigenvalue weighted by molar-refractivity contribution is 5.89. The van der Waals surface area contributed by atoms with Gasteiger partial charge in [0.15, 0.2) is 0 Å². The number of rotatable bonds is 7. The van der Waals surface area contributed by atoms with E-state index in [4.69, 9.17) is 5.11 Å². The van der Waals surface area contributed by atoms with Crippen molar-refractivity contribution in [2.45, 2.75) is 13.0 Å². The number of imidazole rings is 1. The van der Waals surface area contributed by atoms with Gasteiger partial charge in [0.1, 0.15) is 5.69 Å². The molecular weight excluding hydrogens is 276 g/mol. The highest BCUT2D eigenvalue weighted by atomic mass is 16.6. The molecule has 0 aliphatic heterocycles. The Bertz CT molecular complexity index is 640. The molecule has 1 aromatic carbocycles. The van der Waals surface area contributed by atoms with Crippen molar-refractivity contribution in [1.29, 1.82) is 0 Å². The molecule has 2 N–H and O–H groups in total. The van der Waals surface area contributed by atoms with E-state index in [-0.39, 0.29) is 11.3 Å². The van der Waals surface area contributed by atoms with Crippen LogP contribution in [0.5, 0.6) is 0 Å². The molecule has 2 rings (SSSR count). The van der Waals surface area contributed by atoms with Crippen LogP contribution in [-0.4, -0.2) is 32.1 Å². The van der Waals surface area contributed by atoms with E-state index in [2.05, 4.69) is 10.3 Å². The van der Waals surface area contributed by atoms with E-state index in [1.807, 2.05) is 10.8 Å². The number of nitro benzene ring substituents is 1. The summed E-state index contributed by atoms with van der Waals surface area (Å²) in [6.45, 7) is 1.28. The zero-order valence-electron chi connectivity index (χ0n) is 11.1. The number of aromatic nitrogens is 2. The van der Waals surface area contributed by atoms with Crippen LogP contribution < -0.4 is 5.32 Å². The first-order chi connectivity index (χ1) is 10.1. The number of nitrogens with one attached hydrogen (secondary N) is 1. The van der Waals surface area contributed by atoms with Crippen molar-refractivity contribution in [2.75, 3.05) is 11.9 Å². The van der Waals surface area contributed by atoms with E-state index in [0.29, 0.717) is 12.2 Å². The van der Waals surface area contributed by atoms with Gasteiger partial charge in [-0.05, 0) is 18.6 Å². The Morgan fingerprint density at radius 3 is 2.90 bits per heavy atom. The average Bonchev–Trinajstić information content (AvgIpc) is 2.96. The van der Waals surface area contributed by atoms with E-state index in [0.717, 1.165) is 19.0 Å². The summed E-state index contributed by atoms with van der Waals surface area (Å²) in [5, 5.41) is 22.8. The Hall–Kier alpha value is -2.90. The molecule has 0 spiro atoms. The molecule has 8 nitrogen and oxygen atoms in total. The van der Waals surface area contributed by atoms with Crippen LogP contribution in [0.4, 0.5) is 11.4 Å². The summed E-state index contributed by atoms with van der Waals surface area (Å²) in [6, 6.07) is 3.81. The molecule has 0 amide bonds. The molecular formula is C13H14N4O4. The highest BCUT2D eigenvalue weighted by Crippen LogP contribution is 2.25. The number of carbonyl (C=O) groups is 1. The van der Waals surface area contributed by atoms with Crippen LogP contribution >= 0.6 is 0 Å². The van der Waals surface area contributed by atoms with Gasteiger partial charge in [-0.2, -0.15) is 0 Å². The third-order valence-electron chi connectivity index (χ3n) is 2.91. The second kappa shape index (κ2) is 6.51. The molecule has 0 saturated heterocycles. The van der Waals surface area contributed by atoms with E-state index in [9.17, 15) is 14.9 Å². The van der Waals surface area contributed by atoms with Gasteiger partial charge < -0.3 is 15.0 Å². The van der Waals surface area contributed by atoms with Crippen LogP contribution in [0, 0.1) is 10.1 Å². The fourth-order valence-electron chi connectivity index (χ4n) is 1.87. The van der Waals surface area contributed by atoms with Crippen molar-refractivity contribution in [3.05, 3.63) is 52.6 Å². The molecule has 0 saturated carbocycles. The maximum Gasteiger partial charge on any atom is 0.335 e. The predicted molar refractivity (Wildman–Crippen MR) is 75.4 cm³/mol. The van der Waals surface area contributed by atoms with Crippen molar-refractivity contribution >= 4 is 17.3 Å². The molecule has 2 aromatic rings. The number of aromatic carboxylic acids is 1. The Morgan fingerprint density at radius 2 is 2.29 bits per heavy atom. The Kier molecular flexibility index (Phi) is 4.50. The van der Waals surface area contributed by atoms with Gasteiger partial charge in [-0.15, -0.1) is 0 Å². The Morgan fingerprint density at radius 1 is 1.48 bits per heavy atom. The lowest BCUT2D eigenvalue weighted by Crippen LogP contribution is -2.08. The number of hydrogen-bond donors (Lipinski definition) is 2. The van der Waals surface area contributed by atoms with Crippen molar-refractivity contribution in [3.63, 3.8) is 0 Å². The zero-order valence-corrected chi connectivity index (χ0v) is 11.1. The fraction of sp³-hybridized carbons (Fsp3) is 0.231. The van der Waals surface area contributed by atoms with Crippen LogP contribution in [-0.2, 0) is 6.54 Å². The number of anilines is 1. The molecule has 0 bridgehead atoms. The third kappa shape index (κ3) is 3.78. The predicted octanol–water partition coefficient (Wildman–Crippen LogP) is 1.99. The van der Waals surface area contributed by atoms with Crippen molar-refractivity contribution in [1.82, 2.24) is 9.55 Å². The second-order valence-corrected chi connectivity index (χ2v) is 4.38. The summed E-state index contributed by atoms with van der Waals surface area (Å²) in [5.41, 5.74) is -0.0289. The summed E-state index contributed by atoms with van der Waals surface area (Å²) >= 11 is 0. The molecule has 0 unspecified atom stereocenters. The maximum atomic E-state index is 11.0. The average molecular weight is 290 g/mol. The molecule has 0 aliphatic rings. The third-order valence-corrected chi connectivity index (χ3v) is 2.91. The summed E-state index contributed by atoms with van der Waals surface area (Å²) in [5.74, 6) is -1.19. The first-order valence-corrected chi connectivity index (χ1v) is 6.29. The number of nitrogens with zero attached hydrogens (tertiary/aromatic N) is 3. The van der Waals surface area contributed by atoms with Gasteiger partial charge in [-0.3, -0.25) is 10.1 Å². The van der Waals surface area contributed by atoms with Crippen molar-refractivity contribution < 1.29 is 14.8 Å². The largest absolute Gasteiger partial charge is 0.478 e. The summed E-state index contributed by atoms with van der Waals surface area (Å²) in [6.07, 6.45) is 5.98. The monoisotopic (exact) mass is 290 g/mol. The lowest BCUT2D eigenvalue weighted by atomic mass is 10.1. The molecule has 110 valence electrons. The van der Waals surface area contributed by atoms with Gasteiger partial charge in [0.05, 0.1) is 16.8 Å². The van der Waals surface area contributed by atoms with Crippen LogP contribution in [0.15, 0.2) is 36.9 Å². The minimum Gasteiger partial charge on any atom is -0.478 e. The summed E-state index contributed by atoms with van der Waals surface area (Å²) in [4.78, 5) is 25.1. The van der Waals surface area contributed by atoms with Crippen LogP contribution in [0.1, 0.15) is 16.8 Å². The lowest BCUT2D eigenvalue weighted by molar-refractivity contribution is -0.384. The van der Waals surface area contributed by atoms with E-state index in [1.165, 1.54) is 12.1 Å². The SMILES string of the molecule is O=C(O)c1ccc(NCCCn2ccnc2)c([N+](=O)[O-])c1. The smallest absolute Gasteiger partial charge is 0.335 e. The summed E-state index contributed by atoms with van der Waals surface area (Å²) < 4.78 is 1.91. The second-order valence-electron chi connectivity index (χ2n) is 4.38. The minimum absolute atomic E-state index is 0.106. The zero-order chi connectivity index (χ0) is 15.2. The fourth-order valence-corrected chi connectivity index (χ4v) is 1.87. The number of nitro groups is 1. The maximum absolute atomic E-state index is 11.0. The number of carboxylic acids is 1. The van der Waals surface area contributed by atoms with Crippen molar-refractivity contribution in [3.8, 4) is 0 Å². The summed E-state index contributed by atoms with van der Waals surface area (Å²) in [7, 11) is 0. The van der Waals surface area contributed by atoms with Crippen LogP contribution in [0.2, 0.25) is 0 Å². The van der Waals surface area contributed by atoms with Gasteiger partial charge in [0, 0.05) is 31.5 Å². The molecule has 0 aliphatic carbocycles. The van der Waals surface area contributed by atoms with Gasteiger partial charge in [-0.1, -0.05) is 0 Å². The number of carboxylic acid groups (broad SMARTS) is 1.